The maximum Gasteiger partial charge on any atom is 0.363 e. The summed E-state index contributed by atoms with van der Waals surface area (Å²) in [7, 11) is 0. The molecule has 0 atom stereocenters. The van der Waals surface area contributed by atoms with Gasteiger partial charge in [0.15, 0.2) is 4.49 Å². The SMILES string of the molecule is O=[N+]([O-])C(=C(Cl)Cl)/C(Cl)=C(/Cl)[N+](=O)[O-]. The van der Waals surface area contributed by atoms with E-state index in [1.807, 2.05) is 0 Å². The molecular weight excluding hydrogens is 282 g/mol. The Bertz CT molecular complexity index is 345. The second kappa shape index (κ2) is 5.35. The Hall–Kier alpha value is -0.560. The Morgan fingerprint density at radius 2 is 1.36 bits per heavy atom. The number of nitrogens with zero attached hydrogens (tertiary/aromatic N) is 2. The molecular formula is C4Cl4N2O4. The first-order valence-electron chi connectivity index (χ1n) is 2.68. The fourth-order valence-electron chi connectivity index (χ4n) is 0.410. The van der Waals surface area contributed by atoms with Gasteiger partial charge in [0.25, 0.3) is 0 Å². The molecule has 0 aromatic rings. The molecule has 0 aliphatic carbocycles. The van der Waals surface area contributed by atoms with Gasteiger partial charge in [-0.05, 0) is 11.6 Å². The van der Waals surface area contributed by atoms with Crippen LogP contribution in [0.1, 0.15) is 0 Å². The van der Waals surface area contributed by atoms with Crippen LogP contribution >= 0.6 is 46.4 Å². The van der Waals surface area contributed by atoms with Gasteiger partial charge in [-0.25, -0.2) is 0 Å². The molecule has 0 N–H and O–H groups in total. The molecule has 0 unspecified atom stereocenters. The zero-order valence-corrected chi connectivity index (χ0v) is 9.06. The first-order valence-corrected chi connectivity index (χ1v) is 4.20. The van der Waals surface area contributed by atoms with Crippen LogP contribution in [0.15, 0.2) is 20.4 Å². The van der Waals surface area contributed by atoms with E-state index >= 15 is 0 Å². The minimum atomic E-state index is -1.13. The van der Waals surface area contributed by atoms with Crippen molar-refractivity contribution in [3.63, 3.8) is 0 Å². The van der Waals surface area contributed by atoms with Crippen molar-refractivity contribution in [1.29, 1.82) is 0 Å². The quantitative estimate of drug-likeness (QED) is 0.344. The maximum atomic E-state index is 10.3. The summed E-state index contributed by atoms with van der Waals surface area (Å²) in [6.45, 7) is 0. The van der Waals surface area contributed by atoms with E-state index in [0.29, 0.717) is 0 Å². The van der Waals surface area contributed by atoms with Crippen LogP contribution in [0.5, 0.6) is 0 Å². The molecule has 0 heterocycles. The van der Waals surface area contributed by atoms with Crippen LogP contribution in [0.3, 0.4) is 0 Å². The molecule has 6 nitrogen and oxygen atoms in total. The minimum Gasteiger partial charge on any atom is -0.258 e. The number of nitro groups is 2. The van der Waals surface area contributed by atoms with Gasteiger partial charge in [0.2, 0.25) is 5.03 Å². The average Bonchev–Trinajstić information content (AvgIpc) is 2.01. The number of allylic oxidation sites excluding steroid dienone is 1. The Morgan fingerprint density at radius 1 is 0.929 bits per heavy atom. The summed E-state index contributed by atoms with van der Waals surface area (Å²) >= 11 is 20.4. The third-order valence-corrected chi connectivity index (χ3v) is 2.05. The topological polar surface area (TPSA) is 86.3 Å². The van der Waals surface area contributed by atoms with Gasteiger partial charge in [0.1, 0.15) is 0 Å². The molecule has 0 bridgehead atoms. The predicted octanol–water partition coefficient (Wildman–Crippen LogP) is 2.83. The Labute approximate surface area is 97.0 Å². The maximum absolute atomic E-state index is 10.3. The van der Waals surface area contributed by atoms with Crippen LogP contribution in [0.25, 0.3) is 0 Å². The van der Waals surface area contributed by atoms with Gasteiger partial charge in [-0.1, -0.05) is 34.8 Å². The van der Waals surface area contributed by atoms with Crippen LogP contribution in [0.4, 0.5) is 0 Å². The molecule has 0 amide bonds. The highest BCUT2D eigenvalue weighted by Gasteiger charge is 2.29. The summed E-state index contributed by atoms with van der Waals surface area (Å²) in [5.74, 6) is 0. The highest BCUT2D eigenvalue weighted by Crippen LogP contribution is 2.28. The lowest BCUT2D eigenvalue weighted by atomic mass is 10.5. The second-order valence-corrected chi connectivity index (χ2v) is 3.41. The molecule has 0 rings (SSSR count). The van der Waals surface area contributed by atoms with E-state index in [-0.39, 0.29) is 0 Å². The zero-order chi connectivity index (χ0) is 11.5. The Morgan fingerprint density at radius 3 is 1.57 bits per heavy atom. The van der Waals surface area contributed by atoms with Crippen LogP contribution in [0, 0.1) is 20.2 Å². The van der Waals surface area contributed by atoms with Crippen LogP contribution < -0.4 is 0 Å². The molecule has 0 fully saturated rings. The largest absolute Gasteiger partial charge is 0.363 e. The van der Waals surface area contributed by atoms with Crippen molar-refractivity contribution in [2.45, 2.75) is 0 Å². The highest BCUT2D eigenvalue weighted by atomic mass is 35.5. The van der Waals surface area contributed by atoms with Crippen LogP contribution in [0.2, 0.25) is 0 Å². The summed E-state index contributed by atoms with van der Waals surface area (Å²) in [6, 6.07) is 0. The summed E-state index contributed by atoms with van der Waals surface area (Å²) in [4.78, 5) is 18.2. The van der Waals surface area contributed by atoms with Gasteiger partial charge in [0.05, 0.1) is 9.85 Å². The number of hydrogen-bond donors (Lipinski definition) is 0. The number of halogens is 4. The molecule has 10 heteroatoms. The first-order chi connectivity index (χ1) is 6.29. The molecule has 0 aromatic heterocycles. The van der Waals surface area contributed by atoms with E-state index in [1.165, 1.54) is 0 Å². The van der Waals surface area contributed by atoms with Gasteiger partial charge >= 0.3 is 10.9 Å². The first kappa shape index (κ1) is 13.4. The van der Waals surface area contributed by atoms with Gasteiger partial charge in [-0.2, -0.15) is 0 Å². The standard InChI is InChI=1S/C4Cl4N2O4/c5-1(4(8)10(13)14)2(3(6)7)9(11)12/b4-1+. The summed E-state index contributed by atoms with van der Waals surface area (Å²) < 4.78 is -0.819. The smallest absolute Gasteiger partial charge is 0.258 e. The molecule has 0 aromatic carbocycles. The molecule has 78 valence electrons. The fraction of sp³-hybridized carbons (Fsp3) is 0. The van der Waals surface area contributed by atoms with Crippen molar-refractivity contribution < 1.29 is 9.85 Å². The summed E-state index contributed by atoms with van der Waals surface area (Å²) in [5, 5.41) is 18.3. The molecule has 0 aliphatic rings. The third kappa shape index (κ3) is 3.30. The Balaban J connectivity index is 5.50. The monoisotopic (exact) mass is 280 g/mol. The van der Waals surface area contributed by atoms with E-state index in [0.717, 1.165) is 0 Å². The van der Waals surface area contributed by atoms with E-state index in [9.17, 15) is 20.2 Å². The highest BCUT2D eigenvalue weighted by molar-refractivity contribution is 6.57. The number of hydrogen-bond acceptors (Lipinski definition) is 4. The molecule has 0 saturated carbocycles. The van der Waals surface area contributed by atoms with E-state index in [2.05, 4.69) is 0 Å². The van der Waals surface area contributed by atoms with E-state index < -0.39 is 30.2 Å². The third-order valence-electron chi connectivity index (χ3n) is 0.911. The van der Waals surface area contributed by atoms with Crippen molar-refractivity contribution in [1.82, 2.24) is 0 Å². The van der Waals surface area contributed by atoms with Crippen molar-refractivity contribution in [2.75, 3.05) is 0 Å². The number of rotatable bonds is 3. The van der Waals surface area contributed by atoms with Gasteiger partial charge < -0.3 is 0 Å². The average molecular weight is 282 g/mol. The summed E-state index contributed by atoms with van der Waals surface area (Å²) in [5.41, 5.74) is -1.02. The molecule has 0 aliphatic heterocycles. The molecule has 14 heavy (non-hydrogen) atoms. The van der Waals surface area contributed by atoms with Gasteiger partial charge in [-0.15, -0.1) is 0 Å². The molecule has 0 spiro atoms. The van der Waals surface area contributed by atoms with E-state index in [1.54, 1.807) is 0 Å². The molecule has 0 saturated heterocycles. The van der Waals surface area contributed by atoms with Crippen molar-refractivity contribution in [2.24, 2.45) is 0 Å². The normalized spacial score (nSPS) is 11.7. The fourth-order valence-corrected chi connectivity index (χ4v) is 1.16. The van der Waals surface area contributed by atoms with Crippen molar-refractivity contribution >= 4 is 46.4 Å². The van der Waals surface area contributed by atoms with Crippen LogP contribution in [-0.2, 0) is 0 Å². The van der Waals surface area contributed by atoms with Crippen LogP contribution in [-0.4, -0.2) is 9.85 Å². The molecule has 0 radical (unpaired) electrons. The zero-order valence-electron chi connectivity index (χ0n) is 6.04. The van der Waals surface area contributed by atoms with Crippen molar-refractivity contribution in [3.05, 3.63) is 40.6 Å². The summed E-state index contributed by atoms with van der Waals surface area (Å²) in [6.07, 6.45) is 0. The predicted molar refractivity (Wildman–Crippen MR) is 51.5 cm³/mol. The van der Waals surface area contributed by atoms with Gasteiger partial charge in [-0.3, -0.25) is 20.2 Å². The lowest BCUT2D eigenvalue weighted by Gasteiger charge is -1.95. The van der Waals surface area contributed by atoms with Gasteiger partial charge in [0, 0.05) is 0 Å². The second-order valence-electron chi connectivity index (χ2n) is 1.73. The minimum absolute atomic E-state index is 0.819. The lowest BCUT2D eigenvalue weighted by molar-refractivity contribution is -0.428. The Kier molecular flexibility index (Phi) is 5.14. The lowest BCUT2D eigenvalue weighted by Crippen LogP contribution is -2.04. The van der Waals surface area contributed by atoms with E-state index in [4.69, 9.17) is 46.4 Å². The van der Waals surface area contributed by atoms with Crippen molar-refractivity contribution in [3.8, 4) is 0 Å².